The topological polar surface area (TPSA) is 55.1 Å². The summed E-state index contributed by atoms with van der Waals surface area (Å²) in [6, 6.07) is 15.1. The minimum absolute atomic E-state index is 0.112. The third-order valence-electron chi connectivity index (χ3n) is 3.90. The molecule has 0 aliphatic heterocycles. The van der Waals surface area contributed by atoms with Gasteiger partial charge in [-0.2, -0.15) is 5.10 Å². The van der Waals surface area contributed by atoms with Crippen molar-refractivity contribution in [2.24, 2.45) is 0 Å². The summed E-state index contributed by atoms with van der Waals surface area (Å²) in [5, 5.41) is 14.4. The van der Waals surface area contributed by atoms with Crippen LogP contribution in [0.2, 0.25) is 5.02 Å². The van der Waals surface area contributed by atoms with E-state index in [0.29, 0.717) is 11.4 Å². The maximum absolute atomic E-state index is 11.5. The van der Waals surface area contributed by atoms with Crippen molar-refractivity contribution in [2.45, 2.75) is 6.42 Å². The Morgan fingerprint density at radius 1 is 1.14 bits per heavy atom. The first-order chi connectivity index (χ1) is 10.6. The summed E-state index contributed by atoms with van der Waals surface area (Å²) in [5.74, 6) is -1.00. The van der Waals surface area contributed by atoms with Crippen molar-refractivity contribution in [1.82, 2.24) is 9.78 Å². The highest BCUT2D eigenvalue weighted by Crippen LogP contribution is 2.39. The number of carboxylic acids is 1. The van der Waals surface area contributed by atoms with Crippen molar-refractivity contribution >= 4 is 17.6 Å². The average molecular weight is 311 g/mol. The molecule has 22 heavy (non-hydrogen) atoms. The van der Waals surface area contributed by atoms with E-state index in [1.807, 2.05) is 36.4 Å². The molecule has 1 aliphatic carbocycles. The van der Waals surface area contributed by atoms with Crippen LogP contribution >= 0.6 is 11.6 Å². The van der Waals surface area contributed by atoms with Crippen LogP contribution in [0.1, 0.15) is 21.6 Å². The third kappa shape index (κ3) is 1.84. The van der Waals surface area contributed by atoms with Crippen LogP contribution in [0.25, 0.3) is 16.9 Å². The van der Waals surface area contributed by atoms with E-state index in [1.165, 1.54) is 0 Å². The maximum atomic E-state index is 11.5. The minimum atomic E-state index is -1.00. The first kappa shape index (κ1) is 13.1. The summed E-state index contributed by atoms with van der Waals surface area (Å²) >= 11 is 5.93. The Kier molecular flexibility index (Phi) is 2.81. The second-order valence-corrected chi connectivity index (χ2v) is 5.64. The van der Waals surface area contributed by atoms with Gasteiger partial charge < -0.3 is 5.11 Å². The molecule has 1 aromatic heterocycles. The van der Waals surface area contributed by atoms with Gasteiger partial charge >= 0.3 is 5.97 Å². The zero-order valence-electron chi connectivity index (χ0n) is 11.5. The highest BCUT2D eigenvalue weighted by Gasteiger charge is 2.30. The predicted molar refractivity (Wildman–Crippen MR) is 83.8 cm³/mol. The van der Waals surface area contributed by atoms with Crippen molar-refractivity contribution < 1.29 is 9.90 Å². The molecule has 0 amide bonds. The van der Waals surface area contributed by atoms with Gasteiger partial charge in [0.25, 0.3) is 0 Å². The Balaban J connectivity index is 2.00. The van der Waals surface area contributed by atoms with E-state index in [2.05, 4.69) is 5.10 Å². The van der Waals surface area contributed by atoms with Crippen LogP contribution in [0.15, 0.2) is 48.5 Å². The number of carbonyl (C=O) groups is 1. The summed E-state index contributed by atoms with van der Waals surface area (Å²) in [6.45, 7) is 0. The molecule has 0 unspecified atom stereocenters. The molecule has 1 N–H and O–H groups in total. The van der Waals surface area contributed by atoms with E-state index in [4.69, 9.17) is 11.6 Å². The second-order valence-electron chi connectivity index (χ2n) is 5.20. The number of aromatic carboxylic acids is 1. The van der Waals surface area contributed by atoms with E-state index >= 15 is 0 Å². The van der Waals surface area contributed by atoms with Crippen molar-refractivity contribution in [3.05, 3.63) is 70.4 Å². The fourth-order valence-electron chi connectivity index (χ4n) is 2.93. The second kappa shape index (κ2) is 4.71. The molecule has 0 radical (unpaired) electrons. The van der Waals surface area contributed by atoms with Crippen molar-refractivity contribution in [1.29, 1.82) is 0 Å². The summed E-state index contributed by atoms with van der Waals surface area (Å²) in [7, 11) is 0. The summed E-state index contributed by atoms with van der Waals surface area (Å²) in [6.07, 6.45) is 0.598. The molecular weight excluding hydrogens is 300 g/mol. The standard InChI is InChI=1S/C17H11ClN2O2/c18-11-5-7-12(8-6-11)20-16-13-4-2-1-3-10(13)9-14(16)15(19-20)17(21)22/h1-8H,9H2,(H,21,22). The zero-order valence-corrected chi connectivity index (χ0v) is 12.2. The maximum Gasteiger partial charge on any atom is 0.356 e. The lowest BCUT2D eigenvalue weighted by Crippen LogP contribution is -2.04. The van der Waals surface area contributed by atoms with E-state index in [0.717, 1.165) is 28.1 Å². The van der Waals surface area contributed by atoms with Crippen LogP contribution in [0, 0.1) is 0 Å². The molecule has 0 fully saturated rings. The normalized spacial score (nSPS) is 12.0. The van der Waals surface area contributed by atoms with Crippen LogP contribution in [0.3, 0.4) is 0 Å². The summed E-state index contributed by atoms with van der Waals surface area (Å²) < 4.78 is 1.70. The molecule has 0 saturated carbocycles. The molecule has 0 saturated heterocycles. The third-order valence-corrected chi connectivity index (χ3v) is 4.15. The van der Waals surface area contributed by atoms with Crippen LogP contribution in [0.5, 0.6) is 0 Å². The molecule has 0 atom stereocenters. The van der Waals surface area contributed by atoms with E-state index < -0.39 is 5.97 Å². The van der Waals surface area contributed by atoms with Gasteiger partial charge in [-0.15, -0.1) is 0 Å². The number of carboxylic acid groups (broad SMARTS) is 1. The summed E-state index contributed by atoms with van der Waals surface area (Å²) in [4.78, 5) is 11.5. The van der Waals surface area contributed by atoms with Crippen LogP contribution < -0.4 is 0 Å². The van der Waals surface area contributed by atoms with Gasteiger partial charge in [0.1, 0.15) is 0 Å². The number of fused-ring (bicyclic) bond motifs is 3. The van der Waals surface area contributed by atoms with Gasteiger partial charge in [-0.05, 0) is 29.8 Å². The van der Waals surface area contributed by atoms with Gasteiger partial charge in [-0.3, -0.25) is 0 Å². The van der Waals surface area contributed by atoms with E-state index in [9.17, 15) is 9.90 Å². The minimum Gasteiger partial charge on any atom is -0.476 e. The lowest BCUT2D eigenvalue weighted by molar-refractivity contribution is 0.0689. The quantitative estimate of drug-likeness (QED) is 0.613. The zero-order chi connectivity index (χ0) is 15.3. The Labute approximate surface area is 131 Å². The van der Waals surface area contributed by atoms with Gasteiger partial charge in [0.15, 0.2) is 5.69 Å². The number of halogens is 1. The van der Waals surface area contributed by atoms with E-state index in [1.54, 1.807) is 16.8 Å². The molecule has 1 aliphatic rings. The Morgan fingerprint density at radius 3 is 2.59 bits per heavy atom. The number of benzene rings is 2. The van der Waals surface area contributed by atoms with Crippen molar-refractivity contribution in [3.63, 3.8) is 0 Å². The lowest BCUT2D eigenvalue weighted by atomic mass is 10.1. The molecular formula is C17H11ClN2O2. The summed E-state index contributed by atoms with van der Waals surface area (Å²) in [5.41, 5.74) is 4.69. The molecule has 1 heterocycles. The molecule has 4 nitrogen and oxygen atoms in total. The lowest BCUT2D eigenvalue weighted by Gasteiger charge is -2.07. The molecule has 2 aromatic carbocycles. The Hall–Kier alpha value is -2.59. The van der Waals surface area contributed by atoms with Gasteiger partial charge in [-0.1, -0.05) is 35.9 Å². The highest BCUT2D eigenvalue weighted by atomic mass is 35.5. The first-order valence-corrected chi connectivity index (χ1v) is 7.22. The van der Waals surface area contributed by atoms with Crippen LogP contribution in [-0.4, -0.2) is 20.9 Å². The molecule has 108 valence electrons. The van der Waals surface area contributed by atoms with E-state index in [-0.39, 0.29) is 5.69 Å². The number of rotatable bonds is 2. The number of aromatic nitrogens is 2. The van der Waals surface area contributed by atoms with Crippen molar-refractivity contribution in [3.8, 4) is 16.9 Å². The number of hydrogen-bond donors (Lipinski definition) is 1. The monoisotopic (exact) mass is 310 g/mol. The largest absolute Gasteiger partial charge is 0.476 e. The van der Waals surface area contributed by atoms with Crippen LogP contribution in [0.4, 0.5) is 0 Å². The molecule has 3 aromatic rings. The fraction of sp³-hybridized carbons (Fsp3) is 0.0588. The van der Waals surface area contributed by atoms with Crippen LogP contribution in [-0.2, 0) is 6.42 Å². The van der Waals surface area contributed by atoms with Gasteiger partial charge in [-0.25, -0.2) is 9.48 Å². The SMILES string of the molecule is O=C(O)c1nn(-c2ccc(Cl)cc2)c2c1Cc1ccccc1-2. The Morgan fingerprint density at radius 2 is 1.86 bits per heavy atom. The molecule has 0 spiro atoms. The Bertz CT molecular complexity index is 898. The predicted octanol–water partition coefficient (Wildman–Crippen LogP) is 3.80. The fourth-order valence-corrected chi connectivity index (χ4v) is 3.06. The van der Waals surface area contributed by atoms with Gasteiger partial charge in [0, 0.05) is 22.6 Å². The smallest absolute Gasteiger partial charge is 0.356 e. The van der Waals surface area contributed by atoms with Gasteiger partial charge in [0.05, 0.1) is 11.4 Å². The molecule has 4 rings (SSSR count). The van der Waals surface area contributed by atoms with Gasteiger partial charge in [0.2, 0.25) is 0 Å². The van der Waals surface area contributed by atoms with Crippen molar-refractivity contribution in [2.75, 3.05) is 0 Å². The average Bonchev–Trinajstić information content (AvgIpc) is 3.05. The number of hydrogen-bond acceptors (Lipinski definition) is 2. The first-order valence-electron chi connectivity index (χ1n) is 6.84. The molecule has 0 bridgehead atoms. The molecule has 5 heteroatoms. The highest BCUT2D eigenvalue weighted by molar-refractivity contribution is 6.30. The number of nitrogens with zero attached hydrogens (tertiary/aromatic N) is 2.